The molecule has 4 aromatic rings. The van der Waals surface area contributed by atoms with Gasteiger partial charge in [0.2, 0.25) is 5.88 Å². The monoisotopic (exact) mass is 700 g/mol. The maximum absolute atomic E-state index is 13.0. The van der Waals surface area contributed by atoms with E-state index in [2.05, 4.69) is 14.9 Å². The number of aromatic nitrogens is 3. The fourth-order valence-electron chi connectivity index (χ4n) is 5.81. The summed E-state index contributed by atoms with van der Waals surface area (Å²) in [7, 11) is 3.02. The van der Waals surface area contributed by atoms with Crippen molar-refractivity contribution in [1.29, 1.82) is 0 Å². The van der Waals surface area contributed by atoms with Crippen molar-refractivity contribution < 1.29 is 46.8 Å². The molecule has 13 nitrogen and oxygen atoms in total. The lowest BCUT2D eigenvalue weighted by molar-refractivity contribution is -0.137. The van der Waals surface area contributed by atoms with Crippen LogP contribution in [0, 0.1) is 0 Å². The predicted octanol–water partition coefficient (Wildman–Crippen LogP) is 3.98. The smallest absolute Gasteiger partial charge is 0.416 e. The Labute approximate surface area is 286 Å². The summed E-state index contributed by atoms with van der Waals surface area (Å²) in [6.07, 6.45) is -2.14. The minimum atomic E-state index is -4.56. The van der Waals surface area contributed by atoms with Crippen LogP contribution in [-0.2, 0) is 35.7 Å². The normalized spacial score (nSPS) is 15.7. The number of carboxylic acid groups (broad SMARTS) is 1. The molecule has 0 aliphatic carbocycles. The summed E-state index contributed by atoms with van der Waals surface area (Å²) in [6, 6.07) is 10.6. The maximum atomic E-state index is 13.0. The molecule has 2 fully saturated rings. The molecule has 2 aromatic heterocycles. The van der Waals surface area contributed by atoms with Gasteiger partial charge in [-0.1, -0.05) is 12.1 Å². The minimum absolute atomic E-state index is 0.0898. The average molecular weight is 701 g/mol. The van der Waals surface area contributed by atoms with Gasteiger partial charge in [0.15, 0.2) is 5.75 Å². The number of fused-ring (bicyclic) bond motifs is 1. The van der Waals surface area contributed by atoms with E-state index in [9.17, 15) is 27.9 Å². The second-order valence-electron chi connectivity index (χ2n) is 11.7. The summed E-state index contributed by atoms with van der Waals surface area (Å²) < 4.78 is 62.3. The second kappa shape index (κ2) is 16.3. The van der Waals surface area contributed by atoms with Crippen molar-refractivity contribution in [1.82, 2.24) is 24.3 Å². The Morgan fingerprint density at radius 3 is 2.30 bits per heavy atom. The van der Waals surface area contributed by atoms with Gasteiger partial charge in [0.05, 0.1) is 50.2 Å². The number of hydrogen-bond acceptors (Lipinski definition) is 10. The van der Waals surface area contributed by atoms with E-state index < -0.39 is 23.6 Å². The number of hydrogen-bond donors (Lipinski definition) is 2. The van der Waals surface area contributed by atoms with Crippen LogP contribution in [0.3, 0.4) is 0 Å². The van der Waals surface area contributed by atoms with Gasteiger partial charge in [-0.3, -0.25) is 14.6 Å². The van der Waals surface area contributed by atoms with Gasteiger partial charge in [-0.05, 0) is 24.3 Å². The highest BCUT2D eigenvalue weighted by Gasteiger charge is 2.33. The molecule has 0 atom stereocenters. The number of nitrogens with zero attached hydrogens (tertiary/aromatic N) is 5. The number of morpholine rings is 2. The molecular formula is C34H39F3N6O7. The third-order valence-electron chi connectivity index (χ3n) is 8.35. The zero-order chi connectivity index (χ0) is 35.8. The summed E-state index contributed by atoms with van der Waals surface area (Å²) in [6.45, 7) is 6.74. The molecule has 16 heteroatoms. The first-order valence-electron chi connectivity index (χ1n) is 15.9. The summed E-state index contributed by atoms with van der Waals surface area (Å²) in [5.41, 5.74) is 5.22. The van der Waals surface area contributed by atoms with Gasteiger partial charge < -0.3 is 34.4 Å². The van der Waals surface area contributed by atoms with E-state index in [1.165, 1.54) is 7.11 Å². The van der Waals surface area contributed by atoms with E-state index in [0.29, 0.717) is 49.3 Å². The number of methoxy groups -OCH3 is 1. The van der Waals surface area contributed by atoms with Crippen molar-refractivity contribution in [3.8, 4) is 17.4 Å². The maximum Gasteiger partial charge on any atom is 0.416 e. The topological polar surface area (TPSA) is 154 Å². The van der Waals surface area contributed by atoms with Crippen molar-refractivity contribution in [3.63, 3.8) is 0 Å². The number of amides is 1. The number of aryl methyl sites for hydroxylation is 1. The number of rotatable bonds is 10. The number of para-hydroxylation sites is 1. The van der Waals surface area contributed by atoms with Crippen molar-refractivity contribution in [3.05, 3.63) is 76.9 Å². The Morgan fingerprint density at radius 2 is 1.68 bits per heavy atom. The summed E-state index contributed by atoms with van der Waals surface area (Å²) in [5, 5.41) is 10.2. The van der Waals surface area contributed by atoms with Crippen LogP contribution >= 0.6 is 0 Å². The number of alkyl halides is 3. The Morgan fingerprint density at radius 1 is 1.00 bits per heavy atom. The van der Waals surface area contributed by atoms with Crippen LogP contribution in [0.5, 0.6) is 17.4 Å². The molecule has 2 aromatic carbocycles. The molecule has 2 aliphatic rings. The molecule has 4 heterocycles. The van der Waals surface area contributed by atoms with E-state index in [1.807, 2.05) is 23.1 Å². The highest BCUT2D eigenvalue weighted by Crippen LogP contribution is 2.36. The van der Waals surface area contributed by atoms with E-state index in [4.69, 9.17) is 24.7 Å². The van der Waals surface area contributed by atoms with Gasteiger partial charge in [-0.25, -0.2) is 9.78 Å². The predicted molar refractivity (Wildman–Crippen MR) is 176 cm³/mol. The van der Waals surface area contributed by atoms with Crippen molar-refractivity contribution in [2.24, 2.45) is 12.8 Å². The number of carboxylic acids is 1. The van der Waals surface area contributed by atoms with Gasteiger partial charge in [-0.15, -0.1) is 0 Å². The average Bonchev–Trinajstić information content (AvgIpc) is 3.45. The quantitative estimate of drug-likeness (QED) is 0.247. The Hall–Kier alpha value is -4.77. The molecule has 268 valence electrons. The largest absolute Gasteiger partial charge is 0.496 e. The highest BCUT2D eigenvalue weighted by atomic mass is 19.4. The number of ether oxygens (including phenoxy) is 4. The van der Waals surface area contributed by atoms with Crippen LogP contribution in [0.2, 0.25) is 0 Å². The van der Waals surface area contributed by atoms with E-state index in [0.717, 1.165) is 56.8 Å². The van der Waals surface area contributed by atoms with Gasteiger partial charge in [0.25, 0.3) is 5.91 Å². The molecule has 0 radical (unpaired) electrons. The standard InChI is InChI=1S/C20H22N4O4.C14H17F3N2O3/c1-23-15(20(25)26)13-14-3-2-4-16(19(14)23)28-18-5-7-21-17(22-18)6-8-24-9-11-27-12-10-24;1-21-12-9(8-19-2-4-22-5-3-19)6-10(14(15,16)17)7-11(12)13(18)20/h2-5,7,13H,6,8-12H2,1H3,(H,25,26);6-7H,2-5,8H2,1H3,(H2,18,20). The zero-order valence-electron chi connectivity index (χ0n) is 27.7. The Balaban J connectivity index is 0.000000201. The van der Waals surface area contributed by atoms with Gasteiger partial charge in [-0.2, -0.15) is 18.2 Å². The SMILES string of the molecule is COc1c(CN2CCOCC2)cc(C(F)(F)F)cc1C(N)=O.Cn1c(C(=O)O)cc2cccc(Oc3ccnc(CCN4CCOCC4)n3)c21. The van der Waals surface area contributed by atoms with Crippen LogP contribution in [0.25, 0.3) is 10.9 Å². The third-order valence-corrected chi connectivity index (χ3v) is 8.35. The van der Waals surface area contributed by atoms with Crippen LogP contribution in [0.1, 0.15) is 37.8 Å². The molecule has 0 bridgehead atoms. The lowest BCUT2D eigenvalue weighted by atomic mass is 10.0. The lowest BCUT2D eigenvalue weighted by Crippen LogP contribution is -2.37. The first kappa shape index (κ1) is 36.5. The summed E-state index contributed by atoms with van der Waals surface area (Å²) >= 11 is 0. The number of benzene rings is 2. The van der Waals surface area contributed by atoms with E-state index in [-0.39, 0.29) is 29.1 Å². The van der Waals surface area contributed by atoms with Crippen LogP contribution in [0.4, 0.5) is 13.2 Å². The molecule has 50 heavy (non-hydrogen) atoms. The highest BCUT2D eigenvalue weighted by molar-refractivity contribution is 5.97. The molecule has 2 aliphatic heterocycles. The Kier molecular flexibility index (Phi) is 11.9. The molecule has 6 rings (SSSR count). The van der Waals surface area contributed by atoms with Gasteiger partial charge >= 0.3 is 12.1 Å². The van der Waals surface area contributed by atoms with E-state index >= 15 is 0 Å². The molecule has 0 unspecified atom stereocenters. The molecule has 0 saturated carbocycles. The van der Waals surface area contributed by atoms with Gasteiger partial charge in [0, 0.05) is 75.9 Å². The molecular weight excluding hydrogens is 661 g/mol. The van der Waals surface area contributed by atoms with Gasteiger partial charge in [0.1, 0.15) is 17.3 Å². The lowest BCUT2D eigenvalue weighted by Gasteiger charge is -2.27. The molecule has 0 spiro atoms. The molecule has 1 amide bonds. The summed E-state index contributed by atoms with van der Waals surface area (Å²) in [4.78, 5) is 36.0. The number of primary amides is 1. The van der Waals surface area contributed by atoms with Crippen LogP contribution in [-0.4, -0.2) is 108 Å². The number of halogens is 3. The fraction of sp³-hybridized carbons (Fsp3) is 0.412. The van der Waals surface area contributed by atoms with Crippen molar-refractivity contribution >= 4 is 22.8 Å². The number of carbonyl (C=O) groups excluding carboxylic acids is 1. The Bertz CT molecular complexity index is 1800. The number of aromatic carboxylic acids is 1. The fourth-order valence-corrected chi connectivity index (χ4v) is 5.81. The van der Waals surface area contributed by atoms with Crippen molar-refractivity contribution in [2.45, 2.75) is 19.1 Å². The van der Waals surface area contributed by atoms with E-state index in [1.54, 1.807) is 29.9 Å². The van der Waals surface area contributed by atoms with Crippen molar-refractivity contribution in [2.75, 3.05) is 66.3 Å². The number of carbonyl (C=O) groups is 2. The number of nitrogens with two attached hydrogens (primary N) is 1. The first-order valence-corrected chi connectivity index (χ1v) is 15.9. The molecule has 2 saturated heterocycles. The van der Waals surface area contributed by atoms with Crippen LogP contribution < -0.4 is 15.2 Å². The third kappa shape index (κ3) is 9.06. The zero-order valence-corrected chi connectivity index (χ0v) is 27.7. The second-order valence-corrected chi connectivity index (χ2v) is 11.7. The summed E-state index contributed by atoms with van der Waals surface area (Å²) in [5.74, 6) is -0.118. The minimum Gasteiger partial charge on any atom is -0.496 e. The first-order chi connectivity index (χ1) is 23.9. The molecule has 3 N–H and O–H groups in total. The van der Waals surface area contributed by atoms with Crippen LogP contribution in [0.15, 0.2) is 48.7 Å².